The first-order valence-electron chi connectivity index (χ1n) is 16.8. The van der Waals surface area contributed by atoms with Crippen molar-refractivity contribution in [1.29, 1.82) is 0 Å². The van der Waals surface area contributed by atoms with Crippen molar-refractivity contribution in [2.75, 3.05) is 39.6 Å². The second kappa shape index (κ2) is 20.6. The van der Waals surface area contributed by atoms with Gasteiger partial charge < -0.3 is 28.4 Å². The Morgan fingerprint density at radius 3 is 1.64 bits per heavy atom. The van der Waals surface area contributed by atoms with Crippen molar-refractivity contribution in [3.8, 4) is 11.5 Å². The Morgan fingerprint density at radius 1 is 0.705 bits per heavy atom. The topological polar surface area (TPSA) is 55.4 Å². The van der Waals surface area contributed by atoms with Gasteiger partial charge in [0.15, 0.2) is 12.6 Å². The van der Waals surface area contributed by atoms with Gasteiger partial charge in [-0.2, -0.15) is 0 Å². The van der Waals surface area contributed by atoms with Crippen LogP contribution < -0.4 is 14.7 Å². The van der Waals surface area contributed by atoms with Crippen LogP contribution in [0.1, 0.15) is 90.2 Å². The number of aryl methyl sites for hydroxylation is 2. The summed E-state index contributed by atoms with van der Waals surface area (Å²) < 4.78 is 35.2. The number of halogens is 1. The lowest BCUT2D eigenvalue weighted by Gasteiger charge is -2.25. The molecule has 0 N–H and O–H groups in total. The molecule has 248 valence electrons. The minimum absolute atomic E-state index is 0.00340. The molecule has 0 amide bonds. The second-order valence-corrected chi connectivity index (χ2v) is 17.9. The minimum Gasteiger partial charge on any atom is -0.493 e. The lowest BCUT2D eigenvalue weighted by Crippen LogP contribution is -2.37. The van der Waals surface area contributed by atoms with Crippen LogP contribution in [0.25, 0.3) is 0 Å². The Kier molecular flexibility index (Phi) is 17.4. The zero-order chi connectivity index (χ0) is 31.7. The van der Waals surface area contributed by atoms with Crippen molar-refractivity contribution in [3.63, 3.8) is 0 Å². The summed E-state index contributed by atoms with van der Waals surface area (Å²) in [5.41, 5.74) is 4.14. The zero-order valence-corrected chi connectivity index (χ0v) is 30.8. The molecular formula is C36H57BrO6Si. The molecule has 2 aromatic carbocycles. The van der Waals surface area contributed by atoms with Gasteiger partial charge in [-0.25, -0.2) is 0 Å². The standard InChI is InChI=1S/C21H36O3Si.C15H21BrO3/c1-16(2)25(17(3)4)20-11-10-19(15-18(20)5)22-13-8-14-24-21-9-6-7-12-23-21;1-12-11-13(6-7-14(12)16)17-9-4-10-19-15-5-2-3-8-18-15/h10-11,15-17,21,25H,6-9,12-14H2,1-5H3;6-7,11,15H,2-5,8-10H2,1H3. The smallest absolute Gasteiger partial charge is 0.157 e. The van der Waals surface area contributed by atoms with E-state index in [1.54, 1.807) is 5.19 Å². The fourth-order valence-corrected chi connectivity index (χ4v) is 10.1. The summed E-state index contributed by atoms with van der Waals surface area (Å²) in [5.74, 6) is 1.89. The molecule has 8 heteroatoms. The highest BCUT2D eigenvalue weighted by atomic mass is 79.9. The molecular weight excluding hydrogens is 636 g/mol. The average Bonchev–Trinajstić information content (AvgIpc) is 3.01. The van der Waals surface area contributed by atoms with E-state index < -0.39 is 8.80 Å². The Hall–Kier alpha value is -1.42. The van der Waals surface area contributed by atoms with Crippen LogP contribution in [0.3, 0.4) is 0 Å². The van der Waals surface area contributed by atoms with Crippen LogP contribution in [-0.2, 0) is 18.9 Å². The van der Waals surface area contributed by atoms with Gasteiger partial charge in [0.2, 0.25) is 0 Å². The molecule has 2 heterocycles. The van der Waals surface area contributed by atoms with Crippen LogP contribution in [0, 0.1) is 13.8 Å². The Morgan fingerprint density at radius 2 is 1.20 bits per heavy atom. The van der Waals surface area contributed by atoms with Crippen LogP contribution in [0.15, 0.2) is 40.9 Å². The molecule has 2 fully saturated rings. The monoisotopic (exact) mass is 692 g/mol. The quantitative estimate of drug-likeness (QED) is 0.138. The van der Waals surface area contributed by atoms with E-state index in [4.69, 9.17) is 28.4 Å². The lowest BCUT2D eigenvalue weighted by atomic mass is 10.2. The first-order chi connectivity index (χ1) is 21.2. The van der Waals surface area contributed by atoms with Gasteiger partial charge in [-0.15, -0.1) is 0 Å². The highest BCUT2D eigenvalue weighted by Crippen LogP contribution is 2.24. The summed E-state index contributed by atoms with van der Waals surface area (Å²) in [5, 5.41) is 1.59. The third kappa shape index (κ3) is 13.5. The molecule has 6 nitrogen and oxygen atoms in total. The summed E-state index contributed by atoms with van der Waals surface area (Å²) >= 11 is 3.48. The van der Waals surface area contributed by atoms with Gasteiger partial charge in [0, 0.05) is 30.5 Å². The molecule has 44 heavy (non-hydrogen) atoms. The third-order valence-corrected chi connectivity index (χ3v) is 13.3. The van der Waals surface area contributed by atoms with Gasteiger partial charge in [0.1, 0.15) is 11.5 Å². The average molecular weight is 694 g/mol. The largest absolute Gasteiger partial charge is 0.493 e. The highest BCUT2D eigenvalue weighted by molar-refractivity contribution is 9.10. The molecule has 0 aromatic heterocycles. The molecule has 2 aliphatic heterocycles. The Bertz CT molecular complexity index is 1060. The maximum Gasteiger partial charge on any atom is 0.157 e. The molecule has 0 bridgehead atoms. The molecule has 4 rings (SSSR count). The summed E-state index contributed by atoms with van der Waals surface area (Å²) in [6.07, 6.45) is 8.58. The van der Waals surface area contributed by atoms with Gasteiger partial charge in [-0.05, 0) is 105 Å². The van der Waals surface area contributed by atoms with E-state index in [0.29, 0.717) is 26.4 Å². The molecule has 2 saturated heterocycles. The van der Waals surface area contributed by atoms with Crippen LogP contribution in [0.4, 0.5) is 0 Å². The van der Waals surface area contributed by atoms with E-state index in [2.05, 4.69) is 75.7 Å². The minimum atomic E-state index is -0.943. The number of benzene rings is 2. The van der Waals surface area contributed by atoms with E-state index in [0.717, 1.165) is 78.8 Å². The molecule has 0 radical (unpaired) electrons. The van der Waals surface area contributed by atoms with Crippen LogP contribution >= 0.6 is 15.9 Å². The predicted octanol–water partition coefficient (Wildman–Crippen LogP) is 8.63. The van der Waals surface area contributed by atoms with Gasteiger partial charge in [0.25, 0.3) is 0 Å². The maximum absolute atomic E-state index is 5.93. The fourth-order valence-electron chi connectivity index (χ4n) is 5.92. The SMILES string of the molecule is Cc1cc(OCCCOC2CCCCO2)ccc1Br.Cc1cc(OCCCOC2CCCCO2)ccc1[SiH](C(C)C)C(C)C. The van der Waals surface area contributed by atoms with Crippen molar-refractivity contribution in [1.82, 2.24) is 0 Å². The van der Waals surface area contributed by atoms with E-state index in [-0.39, 0.29) is 12.6 Å². The van der Waals surface area contributed by atoms with Crippen LogP contribution in [0.2, 0.25) is 11.1 Å². The van der Waals surface area contributed by atoms with Gasteiger partial charge in [0.05, 0.1) is 35.2 Å². The summed E-state index contributed by atoms with van der Waals surface area (Å²) in [6.45, 7) is 18.2. The number of rotatable bonds is 15. The molecule has 0 saturated carbocycles. The Labute approximate surface area is 277 Å². The van der Waals surface area contributed by atoms with Crippen molar-refractivity contribution in [2.24, 2.45) is 0 Å². The first kappa shape index (κ1) is 37.0. The fraction of sp³-hybridized carbons (Fsp3) is 0.667. The molecule has 2 atom stereocenters. The maximum atomic E-state index is 5.93. The van der Waals surface area contributed by atoms with Crippen molar-refractivity contribution < 1.29 is 28.4 Å². The van der Waals surface area contributed by atoms with E-state index in [1.165, 1.54) is 24.0 Å². The molecule has 2 aliphatic rings. The van der Waals surface area contributed by atoms with Crippen molar-refractivity contribution in [2.45, 2.75) is 117 Å². The van der Waals surface area contributed by atoms with Crippen LogP contribution in [0.5, 0.6) is 11.5 Å². The molecule has 2 unspecified atom stereocenters. The summed E-state index contributed by atoms with van der Waals surface area (Å²) in [4.78, 5) is 0. The third-order valence-electron chi connectivity index (χ3n) is 8.16. The van der Waals surface area contributed by atoms with E-state index >= 15 is 0 Å². The summed E-state index contributed by atoms with van der Waals surface area (Å²) in [7, 11) is -0.943. The summed E-state index contributed by atoms with van der Waals surface area (Å²) in [6, 6.07) is 12.7. The first-order valence-corrected chi connectivity index (χ1v) is 19.5. The van der Waals surface area contributed by atoms with E-state index in [1.807, 2.05) is 18.2 Å². The Balaban J connectivity index is 0.000000249. The molecule has 0 aliphatic carbocycles. The van der Waals surface area contributed by atoms with Gasteiger partial charge in [-0.3, -0.25) is 0 Å². The van der Waals surface area contributed by atoms with Gasteiger partial charge in [-0.1, -0.05) is 54.9 Å². The predicted molar refractivity (Wildman–Crippen MR) is 186 cm³/mol. The van der Waals surface area contributed by atoms with Crippen molar-refractivity contribution in [3.05, 3.63) is 52.0 Å². The van der Waals surface area contributed by atoms with Crippen LogP contribution in [-0.4, -0.2) is 61.0 Å². The molecule has 2 aromatic rings. The number of hydrogen-bond acceptors (Lipinski definition) is 6. The van der Waals surface area contributed by atoms with Gasteiger partial charge >= 0.3 is 0 Å². The number of ether oxygens (including phenoxy) is 6. The highest BCUT2D eigenvalue weighted by Gasteiger charge is 2.23. The molecule has 0 spiro atoms. The lowest BCUT2D eigenvalue weighted by molar-refractivity contribution is -0.163. The normalized spacial score (nSPS) is 18.8. The van der Waals surface area contributed by atoms with Crippen molar-refractivity contribution >= 4 is 29.9 Å². The second-order valence-electron chi connectivity index (χ2n) is 12.7. The number of hydrogen-bond donors (Lipinski definition) is 0. The zero-order valence-electron chi connectivity index (χ0n) is 28.1. The van der Waals surface area contributed by atoms with E-state index in [9.17, 15) is 0 Å².